The number of nitrogens with one attached hydrogen (secondary N) is 2. The standard InChI is InChI=1S/C21H26ClN5O/c1-4-6-10-18-26-19-14(3)17(25-21(28)23-5-2)12-24-20(19)27(18)13-15-8-7-9-16(22)11-15/h7-9,11-12H,4-6,10,13H2,1-3H3,(H2,23,25,28). The van der Waals surface area contributed by atoms with Crippen LogP contribution in [0.5, 0.6) is 0 Å². The van der Waals surface area contributed by atoms with Crippen molar-refractivity contribution in [3.05, 3.63) is 52.4 Å². The molecule has 0 fully saturated rings. The van der Waals surface area contributed by atoms with Gasteiger partial charge in [0.05, 0.1) is 18.4 Å². The maximum absolute atomic E-state index is 11.9. The number of urea groups is 1. The Morgan fingerprint density at radius 2 is 2.11 bits per heavy atom. The van der Waals surface area contributed by atoms with Crippen molar-refractivity contribution in [1.82, 2.24) is 19.9 Å². The number of aryl methyl sites for hydroxylation is 2. The van der Waals surface area contributed by atoms with Crippen LogP contribution in [0.25, 0.3) is 11.2 Å². The van der Waals surface area contributed by atoms with Crippen molar-refractivity contribution in [3.8, 4) is 0 Å². The Labute approximate surface area is 170 Å². The van der Waals surface area contributed by atoms with E-state index >= 15 is 0 Å². The number of amides is 2. The van der Waals surface area contributed by atoms with Crippen LogP contribution in [0, 0.1) is 6.92 Å². The molecule has 0 saturated carbocycles. The highest BCUT2D eigenvalue weighted by molar-refractivity contribution is 6.30. The molecule has 0 aliphatic rings. The zero-order valence-electron chi connectivity index (χ0n) is 16.6. The molecule has 2 amide bonds. The monoisotopic (exact) mass is 399 g/mol. The molecule has 0 spiro atoms. The van der Waals surface area contributed by atoms with E-state index in [0.29, 0.717) is 18.8 Å². The van der Waals surface area contributed by atoms with Gasteiger partial charge in [0, 0.05) is 23.6 Å². The van der Waals surface area contributed by atoms with Crippen molar-refractivity contribution in [2.75, 3.05) is 11.9 Å². The Hall–Kier alpha value is -2.60. The van der Waals surface area contributed by atoms with Crippen LogP contribution in [0.15, 0.2) is 30.5 Å². The van der Waals surface area contributed by atoms with Crippen molar-refractivity contribution < 1.29 is 4.79 Å². The first-order valence-electron chi connectivity index (χ1n) is 9.67. The lowest BCUT2D eigenvalue weighted by molar-refractivity contribution is 0.252. The number of aromatic nitrogens is 3. The van der Waals surface area contributed by atoms with Gasteiger partial charge in [0.2, 0.25) is 0 Å². The minimum absolute atomic E-state index is 0.240. The highest BCUT2D eigenvalue weighted by Gasteiger charge is 2.17. The third-order valence-corrected chi connectivity index (χ3v) is 4.90. The van der Waals surface area contributed by atoms with E-state index in [1.807, 2.05) is 32.0 Å². The van der Waals surface area contributed by atoms with Crippen LogP contribution in [0.2, 0.25) is 5.02 Å². The van der Waals surface area contributed by atoms with E-state index in [1.165, 1.54) is 0 Å². The van der Waals surface area contributed by atoms with Crippen molar-refractivity contribution in [2.24, 2.45) is 0 Å². The molecule has 1 aromatic carbocycles. The van der Waals surface area contributed by atoms with E-state index < -0.39 is 0 Å². The van der Waals surface area contributed by atoms with Gasteiger partial charge < -0.3 is 15.2 Å². The highest BCUT2D eigenvalue weighted by Crippen LogP contribution is 2.26. The number of hydrogen-bond donors (Lipinski definition) is 2. The van der Waals surface area contributed by atoms with Crippen molar-refractivity contribution in [2.45, 2.75) is 46.6 Å². The molecule has 0 aliphatic heterocycles. The normalized spacial score (nSPS) is 11.0. The van der Waals surface area contributed by atoms with Gasteiger partial charge in [-0.25, -0.2) is 14.8 Å². The molecule has 2 aromatic heterocycles. The minimum Gasteiger partial charge on any atom is -0.338 e. The molecule has 2 heterocycles. The molecule has 3 rings (SSSR count). The number of halogens is 1. The average Bonchev–Trinajstić information content (AvgIpc) is 3.01. The van der Waals surface area contributed by atoms with E-state index in [-0.39, 0.29) is 6.03 Å². The number of fused-ring (bicyclic) bond motifs is 1. The summed E-state index contributed by atoms with van der Waals surface area (Å²) in [6, 6.07) is 7.61. The van der Waals surface area contributed by atoms with Crippen LogP contribution < -0.4 is 10.6 Å². The van der Waals surface area contributed by atoms with Gasteiger partial charge in [-0.1, -0.05) is 37.1 Å². The van der Waals surface area contributed by atoms with Crippen LogP contribution in [-0.2, 0) is 13.0 Å². The Morgan fingerprint density at radius 1 is 1.29 bits per heavy atom. The summed E-state index contributed by atoms with van der Waals surface area (Å²) in [6.45, 7) is 7.24. The average molecular weight is 400 g/mol. The third kappa shape index (κ3) is 4.44. The largest absolute Gasteiger partial charge is 0.338 e. The van der Waals surface area contributed by atoms with Crippen LogP contribution >= 0.6 is 11.6 Å². The topological polar surface area (TPSA) is 71.8 Å². The lowest BCUT2D eigenvalue weighted by atomic mass is 10.2. The van der Waals surface area contributed by atoms with Crippen molar-refractivity contribution in [1.29, 1.82) is 0 Å². The Bertz CT molecular complexity index is 982. The maximum Gasteiger partial charge on any atom is 0.319 e. The molecule has 0 radical (unpaired) electrons. The SMILES string of the molecule is CCCCc1nc2c(C)c(NC(=O)NCC)cnc2n1Cc1cccc(Cl)c1. The van der Waals surface area contributed by atoms with Gasteiger partial charge in [-0.15, -0.1) is 0 Å². The van der Waals surface area contributed by atoms with Crippen LogP contribution in [-0.4, -0.2) is 27.1 Å². The van der Waals surface area contributed by atoms with Gasteiger partial charge in [-0.3, -0.25) is 0 Å². The summed E-state index contributed by atoms with van der Waals surface area (Å²) in [4.78, 5) is 21.4. The van der Waals surface area contributed by atoms with Gasteiger partial charge in [0.15, 0.2) is 5.65 Å². The number of imidazole rings is 1. The summed E-state index contributed by atoms with van der Waals surface area (Å²) in [5.74, 6) is 1.00. The lowest BCUT2D eigenvalue weighted by Crippen LogP contribution is -2.28. The number of pyridine rings is 1. The van der Waals surface area contributed by atoms with Gasteiger partial charge in [0.1, 0.15) is 11.3 Å². The molecule has 3 aromatic rings. The fraction of sp³-hybridized carbons (Fsp3) is 0.381. The minimum atomic E-state index is -0.240. The first-order valence-corrected chi connectivity index (χ1v) is 10.0. The van der Waals surface area contributed by atoms with E-state index in [9.17, 15) is 4.79 Å². The number of benzene rings is 1. The first-order chi connectivity index (χ1) is 13.5. The Kier molecular flexibility index (Phi) is 6.52. The van der Waals surface area contributed by atoms with Crippen molar-refractivity contribution >= 4 is 34.5 Å². The lowest BCUT2D eigenvalue weighted by Gasteiger charge is -2.11. The van der Waals surface area contributed by atoms with Gasteiger partial charge in [0.25, 0.3) is 0 Å². The zero-order chi connectivity index (χ0) is 20.1. The van der Waals surface area contributed by atoms with E-state index in [0.717, 1.165) is 52.4 Å². The summed E-state index contributed by atoms with van der Waals surface area (Å²) in [6.07, 6.45) is 4.73. The second kappa shape index (κ2) is 9.06. The van der Waals surface area contributed by atoms with E-state index in [2.05, 4.69) is 33.2 Å². The number of anilines is 1. The molecule has 2 N–H and O–H groups in total. The molecular formula is C21H26ClN5O. The molecule has 0 saturated heterocycles. The molecule has 6 nitrogen and oxygen atoms in total. The van der Waals surface area contributed by atoms with Crippen LogP contribution in [0.4, 0.5) is 10.5 Å². The molecule has 0 unspecified atom stereocenters. The van der Waals surface area contributed by atoms with Crippen LogP contribution in [0.1, 0.15) is 43.6 Å². The van der Waals surface area contributed by atoms with Gasteiger partial charge in [-0.05, 0) is 38.0 Å². The number of unbranched alkanes of at least 4 members (excludes halogenated alkanes) is 1. The summed E-state index contributed by atoms with van der Waals surface area (Å²) in [5.41, 5.74) is 4.34. The van der Waals surface area contributed by atoms with Crippen molar-refractivity contribution in [3.63, 3.8) is 0 Å². The van der Waals surface area contributed by atoms with Gasteiger partial charge >= 0.3 is 6.03 Å². The summed E-state index contributed by atoms with van der Waals surface area (Å²) in [5, 5.41) is 6.31. The molecule has 28 heavy (non-hydrogen) atoms. The molecular weight excluding hydrogens is 374 g/mol. The maximum atomic E-state index is 11.9. The fourth-order valence-electron chi connectivity index (χ4n) is 3.18. The second-order valence-corrected chi connectivity index (χ2v) is 7.24. The Balaban J connectivity index is 2.02. The number of carbonyl (C=O) groups is 1. The van der Waals surface area contributed by atoms with Gasteiger partial charge in [-0.2, -0.15) is 0 Å². The molecule has 0 aliphatic carbocycles. The van der Waals surface area contributed by atoms with E-state index in [1.54, 1.807) is 6.20 Å². The van der Waals surface area contributed by atoms with E-state index in [4.69, 9.17) is 16.6 Å². The van der Waals surface area contributed by atoms with Crippen LogP contribution in [0.3, 0.4) is 0 Å². The summed E-state index contributed by atoms with van der Waals surface area (Å²) >= 11 is 6.16. The number of carbonyl (C=O) groups excluding carboxylic acids is 1. The zero-order valence-corrected chi connectivity index (χ0v) is 17.3. The molecule has 0 atom stereocenters. The Morgan fingerprint density at radius 3 is 2.82 bits per heavy atom. The number of nitrogens with zero attached hydrogens (tertiary/aromatic N) is 3. The quantitative estimate of drug-likeness (QED) is 0.591. The first kappa shape index (κ1) is 20.1. The smallest absolute Gasteiger partial charge is 0.319 e. The summed E-state index contributed by atoms with van der Waals surface area (Å²) in [7, 11) is 0. The molecule has 148 valence electrons. The second-order valence-electron chi connectivity index (χ2n) is 6.80. The third-order valence-electron chi connectivity index (χ3n) is 4.66. The molecule has 0 bridgehead atoms. The number of hydrogen-bond acceptors (Lipinski definition) is 3. The number of rotatable bonds is 7. The molecule has 7 heteroatoms. The predicted molar refractivity (Wildman–Crippen MR) is 114 cm³/mol. The predicted octanol–water partition coefficient (Wildman–Crippen LogP) is 4.93. The highest BCUT2D eigenvalue weighted by atomic mass is 35.5. The fourth-order valence-corrected chi connectivity index (χ4v) is 3.40. The summed E-state index contributed by atoms with van der Waals surface area (Å²) < 4.78 is 2.15.